The maximum atomic E-state index is 12.6. The van der Waals surface area contributed by atoms with Gasteiger partial charge >= 0.3 is 5.97 Å². The Kier molecular flexibility index (Phi) is 5.44. The van der Waals surface area contributed by atoms with Crippen LogP contribution in [0.25, 0.3) is 0 Å². The van der Waals surface area contributed by atoms with Crippen LogP contribution in [0.2, 0.25) is 0 Å². The minimum atomic E-state index is -0.713. The molecule has 1 heterocycles. The highest BCUT2D eigenvalue weighted by molar-refractivity contribution is 5.79. The number of rotatable bonds is 5. The Morgan fingerprint density at radius 2 is 1.75 bits per heavy atom. The fraction of sp³-hybridized carbons (Fsp3) is 0.875. The zero-order valence-corrected chi connectivity index (χ0v) is 12.5. The number of aliphatic carboxylic acids is 1. The van der Waals surface area contributed by atoms with E-state index in [1.165, 1.54) is 25.7 Å². The molecule has 2 rings (SSSR count). The largest absolute Gasteiger partial charge is 0.481 e. The van der Waals surface area contributed by atoms with E-state index in [0.29, 0.717) is 25.9 Å². The molecule has 1 aliphatic carbocycles. The van der Waals surface area contributed by atoms with Gasteiger partial charge in [0.1, 0.15) is 0 Å². The maximum Gasteiger partial charge on any atom is 0.306 e. The Bertz CT molecular complexity index is 342. The van der Waals surface area contributed by atoms with Crippen LogP contribution < -0.4 is 0 Å². The van der Waals surface area contributed by atoms with Crippen LogP contribution in [0.1, 0.15) is 58.3 Å². The maximum absolute atomic E-state index is 12.6. The third-order valence-electron chi connectivity index (χ3n) is 5.09. The summed E-state index contributed by atoms with van der Waals surface area (Å²) in [4.78, 5) is 25.4. The topological polar surface area (TPSA) is 57.6 Å². The Balaban J connectivity index is 1.84. The molecule has 0 bridgehead atoms. The number of carboxylic acids is 1. The lowest BCUT2D eigenvalue weighted by Crippen LogP contribution is -2.43. The van der Waals surface area contributed by atoms with Gasteiger partial charge in [-0.25, -0.2) is 0 Å². The first kappa shape index (κ1) is 15.3. The van der Waals surface area contributed by atoms with Crippen LogP contribution in [0.15, 0.2) is 0 Å². The fourth-order valence-corrected chi connectivity index (χ4v) is 3.70. The molecule has 114 valence electrons. The van der Waals surface area contributed by atoms with E-state index in [-0.39, 0.29) is 17.7 Å². The van der Waals surface area contributed by atoms with Crippen molar-refractivity contribution in [2.75, 3.05) is 13.1 Å². The third-order valence-corrected chi connectivity index (χ3v) is 5.09. The first-order chi connectivity index (χ1) is 9.61. The lowest BCUT2D eigenvalue weighted by atomic mass is 9.89. The predicted molar refractivity (Wildman–Crippen MR) is 77.3 cm³/mol. The van der Waals surface area contributed by atoms with Crippen molar-refractivity contribution in [2.24, 2.45) is 17.8 Å². The summed E-state index contributed by atoms with van der Waals surface area (Å²) in [6, 6.07) is 0. The number of piperidine rings is 1. The number of nitrogens with zero attached hydrogens (tertiary/aromatic N) is 1. The molecule has 20 heavy (non-hydrogen) atoms. The van der Waals surface area contributed by atoms with E-state index < -0.39 is 5.97 Å². The molecule has 1 saturated carbocycles. The highest BCUT2D eigenvalue weighted by atomic mass is 16.4. The van der Waals surface area contributed by atoms with E-state index in [0.717, 1.165) is 18.8 Å². The van der Waals surface area contributed by atoms with Crippen LogP contribution in [0.3, 0.4) is 0 Å². The second-order valence-corrected chi connectivity index (χ2v) is 6.43. The number of carbonyl (C=O) groups excluding carboxylic acids is 1. The van der Waals surface area contributed by atoms with Crippen LogP contribution in [-0.2, 0) is 9.59 Å². The highest BCUT2D eigenvalue weighted by Crippen LogP contribution is 2.32. The van der Waals surface area contributed by atoms with Crippen LogP contribution >= 0.6 is 0 Å². The van der Waals surface area contributed by atoms with Crippen LogP contribution in [-0.4, -0.2) is 35.0 Å². The number of hydrogen-bond acceptors (Lipinski definition) is 2. The monoisotopic (exact) mass is 281 g/mol. The number of carbonyl (C=O) groups is 2. The number of carboxylic acid groups (broad SMARTS) is 1. The van der Waals surface area contributed by atoms with Gasteiger partial charge in [0.2, 0.25) is 5.91 Å². The number of hydrogen-bond donors (Lipinski definition) is 1. The van der Waals surface area contributed by atoms with Gasteiger partial charge in [-0.3, -0.25) is 9.59 Å². The fourth-order valence-electron chi connectivity index (χ4n) is 3.70. The summed E-state index contributed by atoms with van der Waals surface area (Å²) in [7, 11) is 0. The van der Waals surface area contributed by atoms with Gasteiger partial charge < -0.3 is 10.0 Å². The smallest absolute Gasteiger partial charge is 0.306 e. The molecule has 0 spiro atoms. The summed E-state index contributed by atoms with van der Waals surface area (Å²) in [6.45, 7) is 3.34. The Morgan fingerprint density at radius 1 is 1.15 bits per heavy atom. The van der Waals surface area contributed by atoms with Gasteiger partial charge in [0.25, 0.3) is 0 Å². The molecule has 0 aromatic heterocycles. The molecule has 1 N–H and O–H groups in total. The normalized spacial score (nSPS) is 22.9. The molecule has 2 fully saturated rings. The van der Waals surface area contributed by atoms with Crippen molar-refractivity contribution in [1.29, 1.82) is 0 Å². The van der Waals surface area contributed by atoms with Gasteiger partial charge in [0, 0.05) is 19.0 Å². The van der Waals surface area contributed by atoms with Gasteiger partial charge in [-0.15, -0.1) is 0 Å². The standard InChI is InChI=1S/C16H27NO3/c1-2-13(11-12-5-3-4-6-12)15(18)17-9-7-14(8-10-17)16(19)20/h12-14H,2-11H2,1H3,(H,19,20). The van der Waals surface area contributed by atoms with Crippen LogP contribution in [0.4, 0.5) is 0 Å². The van der Waals surface area contributed by atoms with E-state index >= 15 is 0 Å². The molecule has 2 aliphatic rings. The Hall–Kier alpha value is -1.06. The molecule has 1 atom stereocenters. The second kappa shape index (κ2) is 7.09. The molecule has 0 aromatic rings. The zero-order chi connectivity index (χ0) is 14.5. The van der Waals surface area contributed by atoms with Gasteiger partial charge in [-0.1, -0.05) is 32.6 Å². The third kappa shape index (κ3) is 3.74. The second-order valence-electron chi connectivity index (χ2n) is 6.43. The van der Waals surface area contributed by atoms with Crippen LogP contribution in [0.5, 0.6) is 0 Å². The molecule has 4 heteroatoms. The van der Waals surface area contributed by atoms with Crippen molar-refractivity contribution in [1.82, 2.24) is 4.90 Å². The molecule has 1 amide bonds. The predicted octanol–water partition coefficient (Wildman–Crippen LogP) is 2.92. The SMILES string of the molecule is CCC(CC1CCCC1)C(=O)N1CCC(C(=O)O)CC1. The molecule has 1 saturated heterocycles. The van der Waals surface area contributed by atoms with Gasteiger partial charge in [-0.2, -0.15) is 0 Å². The minimum absolute atomic E-state index is 0.152. The van der Waals surface area contributed by atoms with Gasteiger partial charge in [0.05, 0.1) is 5.92 Å². The van der Waals surface area contributed by atoms with E-state index in [9.17, 15) is 9.59 Å². The van der Waals surface area contributed by atoms with Gasteiger partial charge in [0.15, 0.2) is 0 Å². The molecular weight excluding hydrogens is 254 g/mol. The van der Waals surface area contributed by atoms with Crippen molar-refractivity contribution in [3.8, 4) is 0 Å². The van der Waals surface area contributed by atoms with Crippen molar-refractivity contribution in [3.63, 3.8) is 0 Å². The van der Waals surface area contributed by atoms with Crippen molar-refractivity contribution < 1.29 is 14.7 Å². The van der Waals surface area contributed by atoms with Gasteiger partial charge in [-0.05, 0) is 31.6 Å². The molecule has 0 radical (unpaired) electrons. The van der Waals surface area contributed by atoms with Crippen LogP contribution in [0, 0.1) is 17.8 Å². The molecule has 0 aromatic carbocycles. The van der Waals surface area contributed by atoms with Crippen molar-refractivity contribution in [2.45, 2.75) is 58.3 Å². The molecule has 4 nitrogen and oxygen atoms in total. The summed E-state index contributed by atoms with van der Waals surface area (Å²) < 4.78 is 0. The molecule has 1 unspecified atom stereocenters. The summed E-state index contributed by atoms with van der Waals surface area (Å²) in [5.41, 5.74) is 0. The number of amides is 1. The average Bonchev–Trinajstić information content (AvgIpc) is 2.97. The average molecular weight is 281 g/mol. The lowest BCUT2D eigenvalue weighted by molar-refractivity contribution is -0.147. The molecule has 1 aliphatic heterocycles. The quantitative estimate of drug-likeness (QED) is 0.843. The zero-order valence-electron chi connectivity index (χ0n) is 12.5. The minimum Gasteiger partial charge on any atom is -0.481 e. The van der Waals surface area contributed by atoms with Crippen molar-refractivity contribution in [3.05, 3.63) is 0 Å². The summed E-state index contributed by atoms with van der Waals surface area (Å²) >= 11 is 0. The summed E-state index contributed by atoms with van der Waals surface area (Å²) in [5, 5.41) is 9.00. The van der Waals surface area contributed by atoms with E-state index in [1.807, 2.05) is 4.90 Å². The number of likely N-dealkylation sites (tertiary alicyclic amines) is 1. The Morgan fingerprint density at radius 3 is 2.25 bits per heavy atom. The van der Waals surface area contributed by atoms with E-state index in [2.05, 4.69) is 6.92 Å². The van der Waals surface area contributed by atoms with E-state index in [4.69, 9.17) is 5.11 Å². The van der Waals surface area contributed by atoms with E-state index in [1.54, 1.807) is 0 Å². The summed E-state index contributed by atoms with van der Waals surface area (Å²) in [5.74, 6) is 0.187. The lowest BCUT2D eigenvalue weighted by Gasteiger charge is -2.33. The molecular formula is C16H27NO3. The first-order valence-electron chi connectivity index (χ1n) is 8.13. The summed E-state index contributed by atoms with van der Waals surface area (Å²) in [6.07, 6.45) is 8.37. The highest BCUT2D eigenvalue weighted by Gasteiger charge is 2.31. The Labute approximate surface area is 121 Å². The van der Waals surface area contributed by atoms with Crippen molar-refractivity contribution >= 4 is 11.9 Å². The first-order valence-corrected chi connectivity index (χ1v) is 8.13.